The van der Waals surface area contributed by atoms with Gasteiger partial charge in [0.2, 0.25) is 11.8 Å². The lowest BCUT2D eigenvalue weighted by Gasteiger charge is -2.25. The van der Waals surface area contributed by atoms with Gasteiger partial charge in [-0.15, -0.1) is 0 Å². The molecule has 0 saturated carbocycles. The van der Waals surface area contributed by atoms with E-state index in [1.165, 1.54) is 6.07 Å². The van der Waals surface area contributed by atoms with E-state index in [1.807, 2.05) is 0 Å². The smallest absolute Gasteiger partial charge is 0.239 e. The topological polar surface area (TPSA) is 70.2 Å². The summed E-state index contributed by atoms with van der Waals surface area (Å²) in [6.45, 7) is 3.88. The van der Waals surface area contributed by atoms with E-state index in [2.05, 4.69) is 16.0 Å². The average molecular weight is 279 g/mol. The SMILES string of the molecule is Cc1ccc(C(C)NC(=O)C2CNC(=O)CN2)cc1F. The Morgan fingerprint density at radius 1 is 1.50 bits per heavy atom. The van der Waals surface area contributed by atoms with Crippen LogP contribution in [0.25, 0.3) is 0 Å². The number of carbonyl (C=O) groups is 2. The second-order valence-electron chi connectivity index (χ2n) is 4.98. The second kappa shape index (κ2) is 6.00. The van der Waals surface area contributed by atoms with Gasteiger partial charge in [-0.05, 0) is 31.0 Å². The monoisotopic (exact) mass is 279 g/mol. The molecule has 1 fully saturated rings. The molecule has 0 aliphatic carbocycles. The quantitative estimate of drug-likeness (QED) is 0.750. The average Bonchev–Trinajstić information content (AvgIpc) is 2.42. The first kappa shape index (κ1) is 14.5. The van der Waals surface area contributed by atoms with Crippen molar-refractivity contribution in [2.75, 3.05) is 13.1 Å². The zero-order valence-corrected chi connectivity index (χ0v) is 11.5. The highest BCUT2D eigenvalue weighted by Crippen LogP contribution is 2.16. The Hall–Kier alpha value is -1.95. The highest BCUT2D eigenvalue weighted by Gasteiger charge is 2.24. The van der Waals surface area contributed by atoms with E-state index in [-0.39, 0.29) is 36.8 Å². The predicted molar refractivity (Wildman–Crippen MR) is 72.5 cm³/mol. The summed E-state index contributed by atoms with van der Waals surface area (Å²) in [4.78, 5) is 23.0. The number of aryl methyl sites for hydroxylation is 1. The number of hydrogen-bond donors (Lipinski definition) is 3. The van der Waals surface area contributed by atoms with Gasteiger partial charge >= 0.3 is 0 Å². The normalized spacial score (nSPS) is 20.1. The first-order valence-electron chi connectivity index (χ1n) is 6.54. The number of hydrogen-bond acceptors (Lipinski definition) is 3. The molecule has 1 saturated heterocycles. The minimum Gasteiger partial charge on any atom is -0.353 e. The van der Waals surface area contributed by atoms with Crippen molar-refractivity contribution in [1.29, 1.82) is 0 Å². The van der Waals surface area contributed by atoms with Crippen LogP contribution in [-0.2, 0) is 9.59 Å². The van der Waals surface area contributed by atoms with Crippen LogP contribution in [-0.4, -0.2) is 30.9 Å². The summed E-state index contributed by atoms with van der Waals surface area (Å²) >= 11 is 0. The van der Waals surface area contributed by atoms with Crippen molar-refractivity contribution in [3.05, 3.63) is 35.1 Å². The standard InChI is InChI=1S/C14H18FN3O2/c1-8-3-4-10(5-11(8)15)9(2)18-14(20)12-6-17-13(19)7-16-12/h3-5,9,12,16H,6-7H2,1-2H3,(H,17,19)(H,18,20). The summed E-state index contributed by atoms with van der Waals surface area (Å²) in [6.07, 6.45) is 0. The number of halogens is 1. The highest BCUT2D eigenvalue weighted by atomic mass is 19.1. The fraction of sp³-hybridized carbons (Fsp3) is 0.429. The summed E-state index contributed by atoms with van der Waals surface area (Å²) in [6, 6.07) is 4.16. The zero-order valence-electron chi connectivity index (χ0n) is 11.5. The summed E-state index contributed by atoms with van der Waals surface area (Å²) < 4.78 is 13.5. The third-order valence-corrected chi connectivity index (χ3v) is 3.38. The Morgan fingerprint density at radius 3 is 2.85 bits per heavy atom. The van der Waals surface area contributed by atoms with Gasteiger partial charge in [0.05, 0.1) is 12.6 Å². The Labute approximate surface area is 116 Å². The van der Waals surface area contributed by atoms with Crippen molar-refractivity contribution < 1.29 is 14.0 Å². The van der Waals surface area contributed by atoms with Gasteiger partial charge in [-0.3, -0.25) is 14.9 Å². The molecule has 2 unspecified atom stereocenters. The van der Waals surface area contributed by atoms with Gasteiger partial charge in [-0.1, -0.05) is 12.1 Å². The summed E-state index contributed by atoms with van der Waals surface area (Å²) in [5, 5.41) is 8.28. The first-order chi connectivity index (χ1) is 9.47. The number of benzene rings is 1. The molecular formula is C14H18FN3O2. The van der Waals surface area contributed by atoms with Gasteiger partial charge in [0.1, 0.15) is 11.9 Å². The van der Waals surface area contributed by atoms with Crippen molar-refractivity contribution in [2.24, 2.45) is 0 Å². The van der Waals surface area contributed by atoms with Gasteiger partial charge < -0.3 is 10.6 Å². The molecule has 0 bridgehead atoms. The van der Waals surface area contributed by atoms with Crippen molar-refractivity contribution in [2.45, 2.75) is 25.9 Å². The molecule has 20 heavy (non-hydrogen) atoms. The van der Waals surface area contributed by atoms with Gasteiger partial charge in [-0.25, -0.2) is 4.39 Å². The van der Waals surface area contributed by atoms with Crippen LogP contribution < -0.4 is 16.0 Å². The van der Waals surface area contributed by atoms with Crippen LogP contribution in [0.2, 0.25) is 0 Å². The third kappa shape index (κ3) is 3.33. The maximum atomic E-state index is 13.5. The minimum atomic E-state index is -0.453. The Morgan fingerprint density at radius 2 is 2.25 bits per heavy atom. The summed E-state index contributed by atoms with van der Waals surface area (Å²) in [5.74, 6) is -0.618. The Bertz CT molecular complexity index is 523. The number of carbonyl (C=O) groups excluding carboxylic acids is 2. The molecule has 3 N–H and O–H groups in total. The maximum Gasteiger partial charge on any atom is 0.239 e. The molecule has 2 amide bonds. The Balaban J connectivity index is 1.96. The molecule has 1 heterocycles. The van der Waals surface area contributed by atoms with Crippen molar-refractivity contribution >= 4 is 11.8 Å². The summed E-state index contributed by atoms with van der Waals surface area (Å²) in [7, 11) is 0. The van der Waals surface area contributed by atoms with Crippen LogP contribution in [0.1, 0.15) is 24.1 Å². The minimum absolute atomic E-state index is 0.122. The Kier molecular flexibility index (Phi) is 4.34. The molecule has 1 aromatic carbocycles. The lowest BCUT2D eigenvalue weighted by Crippen LogP contribution is -2.58. The molecule has 108 valence electrons. The molecule has 0 spiro atoms. The van der Waals surface area contributed by atoms with Gasteiger partial charge in [0.25, 0.3) is 0 Å². The highest BCUT2D eigenvalue weighted by molar-refractivity contribution is 5.86. The van der Waals surface area contributed by atoms with E-state index in [1.54, 1.807) is 26.0 Å². The van der Waals surface area contributed by atoms with E-state index in [0.29, 0.717) is 11.1 Å². The molecule has 0 aromatic heterocycles. The van der Waals surface area contributed by atoms with Crippen molar-refractivity contribution in [3.63, 3.8) is 0 Å². The van der Waals surface area contributed by atoms with E-state index < -0.39 is 6.04 Å². The predicted octanol–water partition coefficient (Wildman–Crippen LogP) is 0.399. The van der Waals surface area contributed by atoms with Crippen LogP contribution >= 0.6 is 0 Å². The first-order valence-corrected chi connectivity index (χ1v) is 6.54. The molecule has 0 radical (unpaired) electrons. The fourth-order valence-electron chi connectivity index (χ4n) is 2.03. The van der Waals surface area contributed by atoms with Crippen LogP contribution in [0, 0.1) is 12.7 Å². The van der Waals surface area contributed by atoms with E-state index >= 15 is 0 Å². The lowest BCUT2D eigenvalue weighted by molar-refractivity contribution is -0.127. The fourth-order valence-corrected chi connectivity index (χ4v) is 2.03. The van der Waals surface area contributed by atoms with Crippen molar-refractivity contribution in [1.82, 2.24) is 16.0 Å². The molecule has 5 nitrogen and oxygen atoms in total. The molecule has 2 rings (SSSR count). The van der Waals surface area contributed by atoms with E-state index in [0.717, 1.165) is 0 Å². The van der Waals surface area contributed by atoms with Crippen LogP contribution in [0.15, 0.2) is 18.2 Å². The molecule has 1 aliphatic rings. The van der Waals surface area contributed by atoms with Gasteiger partial charge in [-0.2, -0.15) is 0 Å². The van der Waals surface area contributed by atoms with Gasteiger partial charge in [0, 0.05) is 6.54 Å². The van der Waals surface area contributed by atoms with E-state index in [9.17, 15) is 14.0 Å². The van der Waals surface area contributed by atoms with Crippen LogP contribution in [0.4, 0.5) is 4.39 Å². The second-order valence-corrected chi connectivity index (χ2v) is 4.98. The largest absolute Gasteiger partial charge is 0.353 e. The van der Waals surface area contributed by atoms with E-state index in [4.69, 9.17) is 0 Å². The van der Waals surface area contributed by atoms with Gasteiger partial charge in [0.15, 0.2) is 0 Å². The molecule has 1 aliphatic heterocycles. The molecular weight excluding hydrogens is 261 g/mol. The maximum absolute atomic E-state index is 13.5. The number of amides is 2. The zero-order chi connectivity index (χ0) is 14.7. The van der Waals surface area contributed by atoms with Crippen molar-refractivity contribution in [3.8, 4) is 0 Å². The third-order valence-electron chi connectivity index (χ3n) is 3.38. The summed E-state index contributed by atoms with van der Waals surface area (Å²) in [5.41, 5.74) is 1.28. The number of piperazine rings is 1. The molecule has 1 aromatic rings. The lowest BCUT2D eigenvalue weighted by atomic mass is 10.1. The number of rotatable bonds is 3. The molecule has 2 atom stereocenters. The molecule has 6 heteroatoms. The van der Waals surface area contributed by atoms with Crippen LogP contribution in [0.5, 0.6) is 0 Å². The van der Waals surface area contributed by atoms with Crippen LogP contribution in [0.3, 0.4) is 0 Å². The number of nitrogens with one attached hydrogen (secondary N) is 3.